The van der Waals surface area contributed by atoms with Crippen LogP contribution < -0.4 is 5.32 Å². The van der Waals surface area contributed by atoms with E-state index in [-0.39, 0.29) is 11.6 Å². The monoisotopic (exact) mass is 567 g/mol. The SMILES string of the molecule is C[C@@H]1CC(I)CC(c2ccncc2NC(=O)c2ccc(F)c(-c3c(F)cc(O)cc3F)n2)C1. The molecule has 1 saturated carbocycles. The van der Waals surface area contributed by atoms with E-state index in [0.29, 0.717) is 27.7 Å². The summed E-state index contributed by atoms with van der Waals surface area (Å²) in [4.78, 5) is 20.9. The fourth-order valence-electron chi connectivity index (χ4n) is 4.36. The number of phenols is 1. The van der Waals surface area contributed by atoms with E-state index < -0.39 is 40.4 Å². The van der Waals surface area contributed by atoms with Gasteiger partial charge in [0.1, 0.15) is 34.6 Å². The molecule has 1 fully saturated rings. The Morgan fingerprint density at radius 1 is 1.09 bits per heavy atom. The number of benzene rings is 1. The van der Waals surface area contributed by atoms with Gasteiger partial charge in [-0.25, -0.2) is 18.2 Å². The third kappa shape index (κ3) is 5.13. The molecular formula is C24H21F3IN3O2. The van der Waals surface area contributed by atoms with Gasteiger partial charge in [-0.3, -0.25) is 9.78 Å². The molecular weight excluding hydrogens is 546 g/mol. The van der Waals surface area contributed by atoms with E-state index in [4.69, 9.17) is 0 Å². The molecule has 2 aromatic heterocycles. The number of pyridine rings is 2. The molecule has 3 aromatic rings. The van der Waals surface area contributed by atoms with Gasteiger partial charge in [-0.1, -0.05) is 29.5 Å². The first kappa shape index (κ1) is 23.5. The molecule has 1 amide bonds. The highest BCUT2D eigenvalue weighted by atomic mass is 127. The van der Waals surface area contributed by atoms with Crippen molar-refractivity contribution >= 4 is 34.2 Å². The minimum Gasteiger partial charge on any atom is -0.508 e. The number of anilines is 1. The Morgan fingerprint density at radius 3 is 2.52 bits per heavy atom. The molecule has 1 aliphatic rings. The van der Waals surface area contributed by atoms with Crippen molar-refractivity contribution in [2.24, 2.45) is 5.92 Å². The number of aromatic hydroxyl groups is 1. The molecule has 2 N–H and O–H groups in total. The molecule has 5 nitrogen and oxygen atoms in total. The van der Waals surface area contributed by atoms with E-state index in [1.54, 1.807) is 12.4 Å². The van der Waals surface area contributed by atoms with E-state index in [9.17, 15) is 23.1 Å². The number of alkyl halides is 1. The van der Waals surface area contributed by atoms with Gasteiger partial charge in [0.05, 0.1) is 17.4 Å². The van der Waals surface area contributed by atoms with Crippen LogP contribution in [0.1, 0.15) is 48.2 Å². The molecule has 0 bridgehead atoms. The van der Waals surface area contributed by atoms with Crippen LogP contribution in [0.4, 0.5) is 18.9 Å². The maximum Gasteiger partial charge on any atom is 0.274 e. The van der Waals surface area contributed by atoms with E-state index in [1.807, 2.05) is 6.07 Å². The molecule has 2 unspecified atom stereocenters. The number of hydrogen-bond donors (Lipinski definition) is 2. The van der Waals surface area contributed by atoms with Crippen molar-refractivity contribution in [3.05, 3.63) is 71.4 Å². The Bertz CT molecular complexity index is 1170. The quantitative estimate of drug-likeness (QED) is 0.290. The lowest BCUT2D eigenvalue weighted by atomic mass is 9.78. The molecule has 0 aliphatic heterocycles. The molecule has 3 atom stereocenters. The maximum absolute atomic E-state index is 14.4. The topological polar surface area (TPSA) is 75.1 Å². The summed E-state index contributed by atoms with van der Waals surface area (Å²) in [6, 6.07) is 5.26. The summed E-state index contributed by atoms with van der Waals surface area (Å²) in [5.41, 5.74) is -0.134. The van der Waals surface area contributed by atoms with E-state index >= 15 is 0 Å². The maximum atomic E-state index is 14.4. The molecule has 172 valence electrons. The Morgan fingerprint density at radius 2 is 1.82 bits per heavy atom. The van der Waals surface area contributed by atoms with Gasteiger partial charge in [-0.2, -0.15) is 0 Å². The van der Waals surface area contributed by atoms with Gasteiger partial charge < -0.3 is 10.4 Å². The number of aromatic nitrogens is 2. The lowest BCUT2D eigenvalue weighted by molar-refractivity contribution is 0.102. The molecule has 0 spiro atoms. The highest BCUT2D eigenvalue weighted by molar-refractivity contribution is 14.1. The van der Waals surface area contributed by atoms with Crippen LogP contribution in [0, 0.1) is 23.4 Å². The number of amides is 1. The van der Waals surface area contributed by atoms with Crippen molar-refractivity contribution in [2.75, 3.05) is 5.32 Å². The summed E-state index contributed by atoms with van der Waals surface area (Å²) in [5, 5.41) is 12.1. The van der Waals surface area contributed by atoms with Gasteiger partial charge >= 0.3 is 0 Å². The lowest BCUT2D eigenvalue weighted by Crippen LogP contribution is -2.22. The second kappa shape index (κ2) is 9.66. The third-order valence-corrected chi connectivity index (χ3v) is 6.79. The first-order chi connectivity index (χ1) is 15.7. The van der Waals surface area contributed by atoms with Crippen LogP contribution in [0.15, 0.2) is 42.7 Å². The largest absolute Gasteiger partial charge is 0.508 e. The third-order valence-electron chi connectivity index (χ3n) is 5.77. The molecule has 4 rings (SSSR count). The van der Waals surface area contributed by atoms with Gasteiger partial charge in [0.15, 0.2) is 0 Å². The number of halogens is 4. The van der Waals surface area contributed by atoms with Gasteiger partial charge in [0.2, 0.25) is 0 Å². The Kier molecular flexibility index (Phi) is 6.87. The van der Waals surface area contributed by atoms with Gasteiger partial charge in [-0.05, 0) is 54.9 Å². The number of hydrogen-bond acceptors (Lipinski definition) is 4. The van der Waals surface area contributed by atoms with Crippen LogP contribution in [0.3, 0.4) is 0 Å². The number of nitrogens with one attached hydrogen (secondary N) is 1. The molecule has 1 aromatic carbocycles. The summed E-state index contributed by atoms with van der Waals surface area (Å²) < 4.78 is 43.4. The summed E-state index contributed by atoms with van der Waals surface area (Å²) >= 11 is 2.45. The number of nitrogens with zero attached hydrogens (tertiary/aromatic N) is 2. The van der Waals surface area contributed by atoms with E-state index in [2.05, 4.69) is 44.8 Å². The van der Waals surface area contributed by atoms with Crippen LogP contribution in [0.5, 0.6) is 5.75 Å². The van der Waals surface area contributed by atoms with Crippen LogP contribution in [-0.4, -0.2) is 24.9 Å². The summed E-state index contributed by atoms with van der Waals surface area (Å²) in [6.07, 6.45) is 6.35. The van der Waals surface area contributed by atoms with Gasteiger partial charge in [0.25, 0.3) is 5.91 Å². The van der Waals surface area contributed by atoms with Gasteiger partial charge in [-0.15, -0.1) is 0 Å². The summed E-state index contributed by atoms with van der Waals surface area (Å²) in [6.45, 7) is 2.21. The molecule has 33 heavy (non-hydrogen) atoms. The highest BCUT2D eigenvalue weighted by Crippen LogP contribution is 2.41. The fourth-order valence-corrected chi connectivity index (χ4v) is 5.84. The average Bonchev–Trinajstić information content (AvgIpc) is 2.74. The zero-order valence-corrected chi connectivity index (χ0v) is 19.8. The Labute approximate surface area is 202 Å². The van der Waals surface area contributed by atoms with Crippen molar-refractivity contribution in [1.29, 1.82) is 0 Å². The first-order valence-corrected chi connectivity index (χ1v) is 11.7. The lowest BCUT2D eigenvalue weighted by Gasteiger charge is -2.31. The molecule has 0 radical (unpaired) electrons. The van der Waals surface area contributed by atoms with Gasteiger partial charge in [0, 0.05) is 22.3 Å². The molecule has 0 saturated heterocycles. The van der Waals surface area contributed by atoms with Crippen molar-refractivity contribution in [1.82, 2.24) is 9.97 Å². The second-order valence-corrected chi connectivity index (χ2v) is 10.1. The van der Waals surface area contributed by atoms with Crippen LogP contribution in [0.2, 0.25) is 0 Å². The standard InChI is InChI=1S/C24H21F3IN3O2/c1-12-6-13(8-14(28)7-12)16-4-5-29-11-21(16)31-24(33)20-3-2-17(25)23(30-20)22-18(26)9-15(32)10-19(22)27/h2-5,9-14,32H,6-8H2,1H3,(H,31,33)/t12-,13?,14?/m0/s1. The summed E-state index contributed by atoms with van der Waals surface area (Å²) in [5.74, 6) is -3.86. The smallest absolute Gasteiger partial charge is 0.274 e. The predicted molar refractivity (Wildman–Crippen MR) is 127 cm³/mol. The predicted octanol–water partition coefficient (Wildman–Crippen LogP) is 6.23. The van der Waals surface area contributed by atoms with Crippen molar-refractivity contribution < 1.29 is 23.1 Å². The Hall–Kier alpha value is -2.69. The number of phenolic OH excluding ortho intramolecular Hbond substituents is 1. The normalized spacial score (nSPS) is 20.5. The molecule has 9 heteroatoms. The fraction of sp³-hybridized carbons (Fsp3) is 0.292. The van der Waals surface area contributed by atoms with Crippen LogP contribution in [-0.2, 0) is 0 Å². The van der Waals surface area contributed by atoms with Crippen LogP contribution in [0.25, 0.3) is 11.3 Å². The number of carbonyl (C=O) groups is 1. The Balaban J connectivity index is 1.64. The van der Waals surface area contributed by atoms with Crippen molar-refractivity contribution in [2.45, 2.75) is 36.0 Å². The highest BCUT2D eigenvalue weighted by Gasteiger charge is 2.28. The van der Waals surface area contributed by atoms with E-state index in [1.165, 1.54) is 0 Å². The second-order valence-electron chi connectivity index (χ2n) is 8.33. The van der Waals surface area contributed by atoms with E-state index in [0.717, 1.165) is 37.0 Å². The van der Waals surface area contributed by atoms with Crippen molar-refractivity contribution in [3.63, 3.8) is 0 Å². The minimum absolute atomic E-state index is 0.211. The number of carbonyl (C=O) groups excluding carboxylic acids is 1. The minimum atomic E-state index is -1.19. The zero-order valence-electron chi connectivity index (χ0n) is 17.7. The van der Waals surface area contributed by atoms with Crippen molar-refractivity contribution in [3.8, 4) is 17.0 Å². The first-order valence-electron chi connectivity index (χ1n) is 10.5. The number of rotatable bonds is 4. The average molecular weight is 567 g/mol. The summed E-state index contributed by atoms with van der Waals surface area (Å²) in [7, 11) is 0. The zero-order chi connectivity index (χ0) is 23.7. The molecule has 1 aliphatic carbocycles. The molecule has 2 heterocycles. The van der Waals surface area contributed by atoms with Crippen LogP contribution >= 0.6 is 22.6 Å².